The van der Waals surface area contributed by atoms with Crippen LogP contribution in [-0.4, -0.2) is 59.6 Å². The lowest BCUT2D eigenvalue weighted by molar-refractivity contribution is 0.0698. The second kappa shape index (κ2) is 6.32. The first-order valence-electron chi connectivity index (χ1n) is 6.67. The second-order valence-electron chi connectivity index (χ2n) is 5.23. The predicted octanol–water partition coefficient (Wildman–Crippen LogP) is 2.21. The molecule has 21 heavy (non-hydrogen) atoms. The summed E-state index contributed by atoms with van der Waals surface area (Å²) < 4.78 is 0. The first-order chi connectivity index (χ1) is 9.88. The third-order valence-corrected chi connectivity index (χ3v) is 3.78. The lowest BCUT2D eigenvalue weighted by Gasteiger charge is -2.38. The average Bonchev–Trinajstić information content (AvgIpc) is 2.40. The number of carboxylic acid groups (broad SMARTS) is 1. The normalized spacial score (nSPS) is 19.4. The van der Waals surface area contributed by atoms with E-state index < -0.39 is 5.97 Å². The lowest BCUT2D eigenvalue weighted by atomic mass is 10.1. The van der Waals surface area contributed by atoms with Crippen LogP contribution in [-0.2, 0) is 0 Å². The zero-order valence-corrected chi connectivity index (χ0v) is 12.7. The van der Waals surface area contributed by atoms with Gasteiger partial charge in [0.2, 0.25) is 0 Å². The van der Waals surface area contributed by atoms with Crippen molar-refractivity contribution in [2.75, 3.05) is 32.0 Å². The van der Waals surface area contributed by atoms with Gasteiger partial charge in [-0.25, -0.2) is 9.59 Å². The molecule has 0 aliphatic carbocycles. The number of hydrogen-bond donors (Lipinski definition) is 2. The number of nitrogens with zero attached hydrogens (tertiary/aromatic N) is 2. The molecule has 7 heteroatoms. The third-order valence-electron chi connectivity index (χ3n) is 3.55. The molecule has 0 spiro atoms. The average molecular weight is 312 g/mol. The quantitative estimate of drug-likeness (QED) is 0.878. The van der Waals surface area contributed by atoms with E-state index in [1.165, 1.54) is 12.1 Å². The van der Waals surface area contributed by atoms with E-state index in [1.54, 1.807) is 11.0 Å². The Bertz CT molecular complexity index is 564. The van der Waals surface area contributed by atoms with Crippen LogP contribution in [0, 0.1) is 0 Å². The highest BCUT2D eigenvalue weighted by Gasteiger charge is 2.26. The van der Waals surface area contributed by atoms with Crippen LogP contribution in [0.15, 0.2) is 18.2 Å². The largest absolute Gasteiger partial charge is 0.478 e. The SMILES string of the molecule is CC1CN(C)CCN1C(=O)Nc1ccc(Cl)cc1C(=O)O. The van der Waals surface area contributed by atoms with Gasteiger partial charge in [0.05, 0.1) is 11.3 Å². The summed E-state index contributed by atoms with van der Waals surface area (Å²) in [6, 6.07) is 4.17. The molecular formula is C14H18ClN3O3. The Labute approximate surface area is 128 Å². The van der Waals surface area contributed by atoms with Crippen LogP contribution >= 0.6 is 11.6 Å². The molecule has 0 bridgehead atoms. The molecule has 1 unspecified atom stereocenters. The number of benzene rings is 1. The molecule has 2 N–H and O–H groups in total. The molecule has 0 radical (unpaired) electrons. The van der Waals surface area contributed by atoms with Crippen molar-refractivity contribution in [3.8, 4) is 0 Å². The molecule has 1 aromatic rings. The molecule has 1 heterocycles. The van der Waals surface area contributed by atoms with Gasteiger partial charge in [0, 0.05) is 30.7 Å². The van der Waals surface area contributed by atoms with E-state index in [9.17, 15) is 9.59 Å². The van der Waals surface area contributed by atoms with Crippen molar-refractivity contribution in [1.29, 1.82) is 0 Å². The Kier molecular flexibility index (Phi) is 4.69. The van der Waals surface area contributed by atoms with Crippen molar-refractivity contribution in [2.45, 2.75) is 13.0 Å². The smallest absolute Gasteiger partial charge is 0.337 e. The fourth-order valence-electron chi connectivity index (χ4n) is 2.43. The molecule has 1 atom stereocenters. The second-order valence-corrected chi connectivity index (χ2v) is 5.67. The topological polar surface area (TPSA) is 72.9 Å². The molecule has 1 fully saturated rings. The van der Waals surface area contributed by atoms with Crippen molar-refractivity contribution >= 4 is 29.3 Å². The van der Waals surface area contributed by atoms with Gasteiger partial charge in [0.1, 0.15) is 0 Å². The number of likely N-dealkylation sites (N-methyl/N-ethyl adjacent to an activating group) is 1. The predicted molar refractivity (Wildman–Crippen MR) is 81.1 cm³/mol. The Morgan fingerprint density at radius 1 is 1.38 bits per heavy atom. The molecule has 1 aromatic carbocycles. The molecule has 0 saturated carbocycles. The number of rotatable bonds is 2. The van der Waals surface area contributed by atoms with Crippen molar-refractivity contribution < 1.29 is 14.7 Å². The maximum Gasteiger partial charge on any atom is 0.337 e. The minimum atomic E-state index is -1.13. The molecule has 1 aliphatic heterocycles. The molecule has 6 nitrogen and oxygen atoms in total. The van der Waals surface area contributed by atoms with Gasteiger partial charge in [0.25, 0.3) is 0 Å². The number of halogens is 1. The van der Waals surface area contributed by atoms with E-state index in [0.717, 1.165) is 13.1 Å². The third kappa shape index (κ3) is 3.65. The fraction of sp³-hybridized carbons (Fsp3) is 0.429. The highest BCUT2D eigenvalue weighted by Crippen LogP contribution is 2.21. The number of hydrogen-bond acceptors (Lipinski definition) is 3. The van der Waals surface area contributed by atoms with Gasteiger partial charge in [-0.2, -0.15) is 0 Å². The molecule has 0 aromatic heterocycles. The van der Waals surface area contributed by atoms with E-state index >= 15 is 0 Å². The number of carbonyl (C=O) groups excluding carboxylic acids is 1. The van der Waals surface area contributed by atoms with Gasteiger partial charge in [-0.3, -0.25) is 0 Å². The Hall–Kier alpha value is -1.79. The summed E-state index contributed by atoms with van der Waals surface area (Å²) in [5.74, 6) is -1.13. The zero-order valence-electron chi connectivity index (χ0n) is 12.0. The summed E-state index contributed by atoms with van der Waals surface area (Å²) >= 11 is 5.79. The van der Waals surface area contributed by atoms with E-state index in [1.807, 2.05) is 14.0 Å². The minimum absolute atomic E-state index is 0.0161. The van der Waals surface area contributed by atoms with Crippen molar-refractivity contribution in [3.63, 3.8) is 0 Å². The zero-order chi connectivity index (χ0) is 15.6. The van der Waals surface area contributed by atoms with Crippen LogP contribution in [0.25, 0.3) is 0 Å². The lowest BCUT2D eigenvalue weighted by Crippen LogP contribution is -2.54. The molecule has 114 valence electrons. The number of urea groups is 1. The van der Waals surface area contributed by atoms with Gasteiger partial charge in [0.15, 0.2) is 0 Å². The Morgan fingerprint density at radius 3 is 2.71 bits per heavy atom. The van der Waals surface area contributed by atoms with Gasteiger partial charge >= 0.3 is 12.0 Å². The van der Waals surface area contributed by atoms with Crippen molar-refractivity contribution in [3.05, 3.63) is 28.8 Å². The number of piperazine rings is 1. The van der Waals surface area contributed by atoms with Crippen LogP contribution < -0.4 is 5.32 Å². The highest BCUT2D eigenvalue weighted by molar-refractivity contribution is 6.31. The number of amides is 2. The summed E-state index contributed by atoms with van der Waals surface area (Å²) in [7, 11) is 2.01. The summed E-state index contributed by atoms with van der Waals surface area (Å²) in [5.41, 5.74) is 0.237. The van der Waals surface area contributed by atoms with Crippen LogP contribution in [0.3, 0.4) is 0 Å². The van der Waals surface area contributed by atoms with Crippen LogP contribution in [0.4, 0.5) is 10.5 Å². The first-order valence-corrected chi connectivity index (χ1v) is 7.05. The monoisotopic (exact) mass is 311 g/mol. The van der Waals surface area contributed by atoms with Crippen LogP contribution in [0.1, 0.15) is 17.3 Å². The molecule has 2 rings (SSSR count). The molecule has 1 saturated heterocycles. The first kappa shape index (κ1) is 15.6. The maximum absolute atomic E-state index is 12.3. The van der Waals surface area contributed by atoms with Crippen molar-refractivity contribution in [2.24, 2.45) is 0 Å². The summed E-state index contributed by atoms with van der Waals surface area (Å²) in [6.45, 7) is 4.17. The van der Waals surface area contributed by atoms with E-state index in [2.05, 4.69) is 10.2 Å². The molecular weight excluding hydrogens is 294 g/mol. The Morgan fingerprint density at radius 2 is 2.10 bits per heavy atom. The standard InChI is InChI=1S/C14H18ClN3O3/c1-9-8-17(2)5-6-18(9)14(21)16-12-4-3-10(15)7-11(12)13(19)20/h3-4,7,9H,5-6,8H2,1-2H3,(H,16,21)(H,19,20). The molecule has 1 aliphatic rings. The van der Waals surface area contributed by atoms with Crippen molar-refractivity contribution in [1.82, 2.24) is 9.80 Å². The summed E-state index contributed by atoms with van der Waals surface area (Å²) in [6.07, 6.45) is 0. The summed E-state index contributed by atoms with van der Waals surface area (Å²) in [4.78, 5) is 27.4. The maximum atomic E-state index is 12.3. The number of carbonyl (C=O) groups is 2. The van der Waals surface area contributed by atoms with E-state index in [4.69, 9.17) is 16.7 Å². The van der Waals surface area contributed by atoms with E-state index in [-0.39, 0.29) is 23.3 Å². The Balaban J connectivity index is 2.14. The van der Waals surface area contributed by atoms with Gasteiger partial charge in [-0.05, 0) is 32.2 Å². The number of nitrogens with one attached hydrogen (secondary N) is 1. The van der Waals surface area contributed by atoms with Crippen LogP contribution in [0.5, 0.6) is 0 Å². The van der Waals surface area contributed by atoms with E-state index in [0.29, 0.717) is 11.6 Å². The van der Waals surface area contributed by atoms with Gasteiger partial charge < -0.3 is 20.2 Å². The fourth-order valence-corrected chi connectivity index (χ4v) is 2.60. The van der Waals surface area contributed by atoms with Crippen LogP contribution in [0.2, 0.25) is 5.02 Å². The number of aromatic carboxylic acids is 1. The minimum Gasteiger partial charge on any atom is -0.478 e. The van der Waals surface area contributed by atoms with Gasteiger partial charge in [-0.1, -0.05) is 11.6 Å². The molecule has 2 amide bonds. The number of carboxylic acids is 1. The summed E-state index contributed by atoms with van der Waals surface area (Å²) in [5, 5.41) is 12.2. The number of anilines is 1. The highest BCUT2D eigenvalue weighted by atomic mass is 35.5. The van der Waals surface area contributed by atoms with Gasteiger partial charge in [-0.15, -0.1) is 0 Å².